The molecular weight excluding hydrogens is 224 g/mol. The van der Waals surface area contributed by atoms with E-state index in [0.29, 0.717) is 0 Å². The van der Waals surface area contributed by atoms with Crippen LogP contribution < -0.4 is 10.6 Å². The Labute approximate surface area is 112 Å². The van der Waals surface area contributed by atoms with Gasteiger partial charge in [0.05, 0.1) is 0 Å². The third kappa shape index (κ3) is 5.71. The Balaban J connectivity index is 2.16. The second-order valence-corrected chi connectivity index (χ2v) is 5.16. The highest BCUT2D eigenvalue weighted by atomic mass is 15.2. The molecule has 2 N–H and O–H groups in total. The molecule has 4 heteroatoms. The smallest absolute Gasteiger partial charge is 0.190 e. The Bertz CT molecular complexity index is 232. The summed E-state index contributed by atoms with van der Waals surface area (Å²) >= 11 is 0. The molecule has 0 unspecified atom stereocenters. The standard InChI is InChI=1S/C14H30N4/c1-4-8-16-14(15-3)17-12-13-6-10-18(9-5-2)11-7-13/h13H,4-12H2,1-3H3,(H2,15,16,17). The van der Waals surface area contributed by atoms with Gasteiger partial charge in [-0.05, 0) is 51.2 Å². The minimum absolute atomic E-state index is 0.804. The van der Waals surface area contributed by atoms with Gasteiger partial charge in [-0.3, -0.25) is 4.99 Å². The van der Waals surface area contributed by atoms with Gasteiger partial charge in [-0.1, -0.05) is 13.8 Å². The van der Waals surface area contributed by atoms with Gasteiger partial charge in [0.15, 0.2) is 5.96 Å². The molecule has 1 aliphatic rings. The first-order chi connectivity index (χ1) is 8.80. The Morgan fingerprint density at radius 2 is 1.89 bits per heavy atom. The highest BCUT2D eigenvalue weighted by Gasteiger charge is 2.18. The van der Waals surface area contributed by atoms with Crippen LogP contribution >= 0.6 is 0 Å². The topological polar surface area (TPSA) is 39.7 Å². The fourth-order valence-electron chi connectivity index (χ4n) is 2.44. The number of hydrogen-bond donors (Lipinski definition) is 2. The fraction of sp³-hybridized carbons (Fsp3) is 0.929. The zero-order valence-corrected chi connectivity index (χ0v) is 12.3. The summed E-state index contributed by atoms with van der Waals surface area (Å²) in [6, 6.07) is 0. The van der Waals surface area contributed by atoms with Crippen molar-refractivity contribution in [2.24, 2.45) is 10.9 Å². The number of likely N-dealkylation sites (tertiary alicyclic amines) is 1. The van der Waals surface area contributed by atoms with Crippen LogP contribution in [0.3, 0.4) is 0 Å². The molecule has 18 heavy (non-hydrogen) atoms. The van der Waals surface area contributed by atoms with E-state index in [-0.39, 0.29) is 0 Å². The summed E-state index contributed by atoms with van der Waals surface area (Å²) in [5.74, 6) is 1.76. The number of aliphatic imine (C=N–C) groups is 1. The lowest BCUT2D eigenvalue weighted by Crippen LogP contribution is -2.43. The average Bonchev–Trinajstić information content (AvgIpc) is 2.41. The number of guanidine groups is 1. The Hall–Kier alpha value is -0.770. The van der Waals surface area contributed by atoms with Gasteiger partial charge in [0, 0.05) is 20.1 Å². The fourth-order valence-corrected chi connectivity index (χ4v) is 2.44. The number of nitrogens with zero attached hydrogens (tertiary/aromatic N) is 2. The van der Waals surface area contributed by atoms with Gasteiger partial charge in [0.1, 0.15) is 0 Å². The molecule has 1 rings (SSSR count). The number of hydrogen-bond acceptors (Lipinski definition) is 2. The van der Waals surface area contributed by atoms with E-state index in [4.69, 9.17) is 0 Å². The van der Waals surface area contributed by atoms with Crippen molar-refractivity contribution in [3.8, 4) is 0 Å². The predicted molar refractivity (Wildman–Crippen MR) is 79.1 cm³/mol. The van der Waals surface area contributed by atoms with E-state index >= 15 is 0 Å². The monoisotopic (exact) mass is 254 g/mol. The molecule has 1 saturated heterocycles. The summed E-state index contributed by atoms with van der Waals surface area (Å²) in [4.78, 5) is 6.82. The van der Waals surface area contributed by atoms with Crippen LogP contribution in [-0.4, -0.2) is 50.6 Å². The highest BCUT2D eigenvalue weighted by molar-refractivity contribution is 5.79. The minimum atomic E-state index is 0.804. The third-order valence-corrected chi connectivity index (χ3v) is 3.57. The molecular formula is C14H30N4. The molecule has 1 heterocycles. The molecule has 0 radical (unpaired) electrons. The average molecular weight is 254 g/mol. The van der Waals surface area contributed by atoms with Gasteiger partial charge < -0.3 is 15.5 Å². The van der Waals surface area contributed by atoms with Crippen molar-refractivity contribution in [3.05, 3.63) is 0 Å². The first-order valence-electron chi connectivity index (χ1n) is 7.47. The van der Waals surface area contributed by atoms with Gasteiger partial charge in [-0.15, -0.1) is 0 Å². The van der Waals surface area contributed by atoms with Crippen molar-refractivity contribution < 1.29 is 0 Å². The Morgan fingerprint density at radius 3 is 2.44 bits per heavy atom. The quantitative estimate of drug-likeness (QED) is 0.560. The third-order valence-electron chi connectivity index (χ3n) is 3.57. The molecule has 4 nitrogen and oxygen atoms in total. The van der Waals surface area contributed by atoms with E-state index in [1.807, 2.05) is 7.05 Å². The first-order valence-corrected chi connectivity index (χ1v) is 7.47. The lowest BCUT2D eigenvalue weighted by Gasteiger charge is -2.32. The van der Waals surface area contributed by atoms with E-state index < -0.39 is 0 Å². The molecule has 1 fully saturated rings. The van der Waals surface area contributed by atoms with E-state index in [2.05, 4.69) is 34.4 Å². The van der Waals surface area contributed by atoms with Gasteiger partial charge >= 0.3 is 0 Å². The SMILES string of the molecule is CCCNC(=NC)NCC1CCN(CCC)CC1. The number of rotatable bonds is 6. The van der Waals surface area contributed by atoms with E-state index in [1.54, 1.807) is 0 Å². The van der Waals surface area contributed by atoms with Crippen LogP contribution in [0, 0.1) is 5.92 Å². The highest BCUT2D eigenvalue weighted by Crippen LogP contribution is 2.16. The van der Waals surface area contributed by atoms with E-state index in [9.17, 15) is 0 Å². The van der Waals surface area contributed by atoms with Crippen LogP contribution in [0.15, 0.2) is 4.99 Å². The number of nitrogens with one attached hydrogen (secondary N) is 2. The van der Waals surface area contributed by atoms with Crippen molar-refractivity contribution in [2.75, 3.05) is 39.8 Å². The molecule has 1 aliphatic heterocycles. The van der Waals surface area contributed by atoms with Gasteiger partial charge in [0.2, 0.25) is 0 Å². The zero-order chi connectivity index (χ0) is 13.2. The maximum atomic E-state index is 4.24. The molecule has 0 bridgehead atoms. The van der Waals surface area contributed by atoms with Crippen LogP contribution in [0.4, 0.5) is 0 Å². The molecule has 0 aromatic heterocycles. The molecule has 0 saturated carbocycles. The van der Waals surface area contributed by atoms with Crippen molar-refractivity contribution in [1.29, 1.82) is 0 Å². The minimum Gasteiger partial charge on any atom is -0.356 e. The Morgan fingerprint density at radius 1 is 1.17 bits per heavy atom. The van der Waals surface area contributed by atoms with Crippen molar-refractivity contribution in [2.45, 2.75) is 39.5 Å². The summed E-state index contributed by atoms with van der Waals surface area (Å²) in [6.07, 6.45) is 5.04. The first kappa shape index (κ1) is 15.3. The molecule has 0 aliphatic carbocycles. The summed E-state index contributed by atoms with van der Waals surface area (Å²) in [7, 11) is 1.84. The Kier molecular flexibility index (Phi) is 7.81. The molecule has 0 aromatic rings. The van der Waals surface area contributed by atoms with E-state index in [1.165, 1.54) is 38.9 Å². The largest absolute Gasteiger partial charge is 0.356 e. The maximum absolute atomic E-state index is 4.24. The lowest BCUT2D eigenvalue weighted by atomic mass is 9.97. The van der Waals surface area contributed by atoms with Crippen molar-refractivity contribution >= 4 is 5.96 Å². The molecule has 106 valence electrons. The predicted octanol–water partition coefficient (Wildman–Crippen LogP) is 1.68. The maximum Gasteiger partial charge on any atom is 0.190 e. The van der Waals surface area contributed by atoms with Gasteiger partial charge in [0.25, 0.3) is 0 Å². The summed E-state index contributed by atoms with van der Waals surface area (Å²) in [6.45, 7) is 10.3. The van der Waals surface area contributed by atoms with Crippen molar-refractivity contribution in [1.82, 2.24) is 15.5 Å². The molecule has 0 aromatic carbocycles. The van der Waals surface area contributed by atoms with E-state index in [0.717, 1.165) is 31.4 Å². The van der Waals surface area contributed by atoms with Crippen LogP contribution in [-0.2, 0) is 0 Å². The number of piperidine rings is 1. The summed E-state index contributed by atoms with van der Waals surface area (Å²) < 4.78 is 0. The second kappa shape index (κ2) is 9.20. The zero-order valence-electron chi connectivity index (χ0n) is 12.3. The molecule has 0 spiro atoms. The summed E-state index contributed by atoms with van der Waals surface area (Å²) in [5.41, 5.74) is 0. The molecule has 0 atom stereocenters. The summed E-state index contributed by atoms with van der Waals surface area (Å²) in [5, 5.41) is 6.76. The van der Waals surface area contributed by atoms with Crippen LogP contribution in [0.1, 0.15) is 39.5 Å². The van der Waals surface area contributed by atoms with Crippen LogP contribution in [0.25, 0.3) is 0 Å². The van der Waals surface area contributed by atoms with Gasteiger partial charge in [-0.25, -0.2) is 0 Å². The van der Waals surface area contributed by atoms with Crippen LogP contribution in [0.2, 0.25) is 0 Å². The normalized spacial score (nSPS) is 18.9. The molecule has 0 amide bonds. The second-order valence-electron chi connectivity index (χ2n) is 5.16. The lowest BCUT2D eigenvalue weighted by molar-refractivity contribution is 0.185. The van der Waals surface area contributed by atoms with Crippen molar-refractivity contribution in [3.63, 3.8) is 0 Å². The van der Waals surface area contributed by atoms with Crippen LogP contribution in [0.5, 0.6) is 0 Å². The van der Waals surface area contributed by atoms with Gasteiger partial charge in [-0.2, -0.15) is 0 Å².